The summed E-state index contributed by atoms with van der Waals surface area (Å²) in [5.41, 5.74) is 3.51. The maximum absolute atomic E-state index is 12.7. The molecule has 5 rings (SSSR count). The second-order valence-electron chi connectivity index (χ2n) is 9.10. The van der Waals surface area contributed by atoms with Gasteiger partial charge in [0.1, 0.15) is 11.6 Å². The first-order valence-corrected chi connectivity index (χ1v) is 12.1. The molecule has 0 aliphatic carbocycles. The average Bonchev–Trinajstić information content (AvgIpc) is 2.87. The lowest BCUT2D eigenvalue weighted by Gasteiger charge is -2.35. The van der Waals surface area contributed by atoms with Gasteiger partial charge in [-0.2, -0.15) is 0 Å². The number of amides is 1. The number of rotatable bonds is 6. The van der Waals surface area contributed by atoms with Gasteiger partial charge in [0.15, 0.2) is 0 Å². The lowest BCUT2D eigenvalue weighted by atomic mass is 10.1. The molecule has 34 heavy (non-hydrogen) atoms. The largest absolute Gasteiger partial charge is 0.494 e. The molecule has 1 fully saturated rings. The maximum atomic E-state index is 12.7. The van der Waals surface area contributed by atoms with Gasteiger partial charge >= 0.3 is 0 Å². The summed E-state index contributed by atoms with van der Waals surface area (Å²) in [4.78, 5) is 22.0. The molecule has 0 bridgehead atoms. The molecule has 1 aliphatic heterocycles. The van der Waals surface area contributed by atoms with E-state index in [1.54, 1.807) is 0 Å². The summed E-state index contributed by atoms with van der Waals surface area (Å²) in [5.74, 6) is 2.07. The second kappa shape index (κ2) is 9.72. The topological polar surface area (TPSA) is 45.7 Å². The highest BCUT2D eigenvalue weighted by molar-refractivity contribution is 5.86. The molecule has 0 spiro atoms. The van der Waals surface area contributed by atoms with Crippen LogP contribution >= 0.6 is 0 Å². The number of carbonyl (C=O) groups is 1. The van der Waals surface area contributed by atoms with Crippen molar-refractivity contribution in [3.63, 3.8) is 0 Å². The number of anilines is 1. The Morgan fingerprint density at radius 2 is 1.68 bits per heavy atom. The number of para-hydroxylation sites is 1. The number of piperazine rings is 1. The van der Waals surface area contributed by atoms with Crippen molar-refractivity contribution in [3.05, 3.63) is 77.9 Å². The lowest BCUT2D eigenvalue weighted by Crippen LogP contribution is -2.49. The third-order valence-corrected chi connectivity index (χ3v) is 6.72. The van der Waals surface area contributed by atoms with E-state index in [2.05, 4.69) is 67.3 Å². The molecule has 0 saturated carbocycles. The summed E-state index contributed by atoms with van der Waals surface area (Å²) in [6.07, 6.45) is 1.23. The molecule has 1 amide bonds. The molecule has 5 nitrogen and oxygen atoms in total. The number of benzene rings is 3. The summed E-state index contributed by atoms with van der Waals surface area (Å²) in [6, 6.07) is 22.9. The van der Waals surface area contributed by atoms with Crippen LogP contribution in [0.5, 0.6) is 5.75 Å². The highest BCUT2D eigenvalue weighted by atomic mass is 16.5. The van der Waals surface area contributed by atoms with Crippen molar-refractivity contribution >= 4 is 33.4 Å². The summed E-state index contributed by atoms with van der Waals surface area (Å²) in [5, 5.41) is 3.58. The highest BCUT2D eigenvalue weighted by Gasteiger charge is 2.22. The predicted molar refractivity (Wildman–Crippen MR) is 139 cm³/mol. The standard InChI is InChI=1S/C29H31N3O2/c1-21-7-5-10-26-22(2)19-27(30-29(21)26)31-14-16-32(17-15-31)28(33)11-6-18-34-25-13-12-23-8-3-4-9-24(23)20-25/h3-5,7-10,12-13,19-20H,6,11,14-18H2,1-2H3. The third-order valence-electron chi connectivity index (χ3n) is 6.72. The number of hydrogen-bond acceptors (Lipinski definition) is 4. The van der Waals surface area contributed by atoms with Crippen LogP contribution in [0.1, 0.15) is 24.0 Å². The van der Waals surface area contributed by atoms with Crippen LogP contribution in [-0.2, 0) is 4.79 Å². The summed E-state index contributed by atoms with van der Waals surface area (Å²) in [7, 11) is 0. The van der Waals surface area contributed by atoms with Gasteiger partial charge in [-0.1, -0.05) is 48.5 Å². The number of hydrogen-bond donors (Lipinski definition) is 0. The van der Waals surface area contributed by atoms with Gasteiger partial charge in [-0.05, 0) is 60.4 Å². The first-order valence-electron chi connectivity index (χ1n) is 12.1. The Balaban J connectivity index is 1.11. The Bertz CT molecular complexity index is 1330. The van der Waals surface area contributed by atoms with Crippen LogP contribution in [-0.4, -0.2) is 48.6 Å². The van der Waals surface area contributed by atoms with Gasteiger partial charge in [0.25, 0.3) is 0 Å². The number of aryl methyl sites for hydroxylation is 2. The van der Waals surface area contributed by atoms with Crippen molar-refractivity contribution in [2.24, 2.45) is 0 Å². The molecule has 1 saturated heterocycles. The van der Waals surface area contributed by atoms with Crippen LogP contribution in [0.2, 0.25) is 0 Å². The van der Waals surface area contributed by atoms with E-state index in [-0.39, 0.29) is 5.91 Å². The zero-order chi connectivity index (χ0) is 23.5. The van der Waals surface area contributed by atoms with E-state index in [1.165, 1.54) is 27.3 Å². The van der Waals surface area contributed by atoms with E-state index in [4.69, 9.17) is 9.72 Å². The SMILES string of the molecule is Cc1cc(N2CCN(C(=O)CCCOc3ccc4ccccc4c3)CC2)nc2c(C)cccc12. The minimum absolute atomic E-state index is 0.209. The van der Waals surface area contributed by atoms with Gasteiger partial charge in [0.05, 0.1) is 12.1 Å². The Labute approximate surface area is 201 Å². The monoisotopic (exact) mass is 453 g/mol. The van der Waals surface area contributed by atoms with Crippen LogP contribution in [0.25, 0.3) is 21.7 Å². The maximum Gasteiger partial charge on any atom is 0.222 e. The molecule has 0 radical (unpaired) electrons. The summed E-state index contributed by atoms with van der Waals surface area (Å²) in [6.45, 7) is 7.88. The normalized spacial score (nSPS) is 14.1. The number of carbonyl (C=O) groups excluding carboxylic acids is 1. The number of pyridine rings is 1. The molecule has 0 unspecified atom stereocenters. The predicted octanol–water partition coefficient (Wildman–Crippen LogP) is 5.51. The van der Waals surface area contributed by atoms with E-state index in [9.17, 15) is 4.79 Å². The molecular weight excluding hydrogens is 422 g/mol. The van der Waals surface area contributed by atoms with Gasteiger partial charge in [0.2, 0.25) is 5.91 Å². The second-order valence-corrected chi connectivity index (χ2v) is 9.10. The Morgan fingerprint density at radius 1 is 0.882 bits per heavy atom. The Kier molecular flexibility index (Phi) is 6.35. The van der Waals surface area contributed by atoms with E-state index in [0.717, 1.165) is 49.7 Å². The van der Waals surface area contributed by atoms with Gasteiger partial charge in [0, 0.05) is 38.0 Å². The average molecular weight is 454 g/mol. The molecule has 1 aliphatic rings. The van der Waals surface area contributed by atoms with E-state index >= 15 is 0 Å². The minimum Gasteiger partial charge on any atom is -0.494 e. The molecule has 174 valence electrons. The van der Waals surface area contributed by atoms with Crippen molar-refractivity contribution in [3.8, 4) is 5.75 Å². The summed E-state index contributed by atoms with van der Waals surface area (Å²) >= 11 is 0. The van der Waals surface area contributed by atoms with Gasteiger partial charge in [-0.15, -0.1) is 0 Å². The van der Waals surface area contributed by atoms with Crippen LogP contribution < -0.4 is 9.64 Å². The van der Waals surface area contributed by atoms with Crippen LogP contribution in [0, 0.1) is 13.8 Å². The highest BCUT2D eigenvalue weighted by Crippen LogP contribution is 2.25. The Morgan fingerprint density at radius 3 is 2.50 bits per heavy atom. The van der Waals surface area contributed by atoms with Gasteiger partial charge in [-0.3, -0.25) is 4.79 Å². The number of nitrogens with zero attached hydrogens (tertiary/aromatic N) is 3. The van der Waals surface area contributed by atoms with Crippen LogP contribution in [0.4, 0.5) is 5.82 Å². The molecule has 0 N–H and O–H groups in total. The summed E-state index contributed by atoms with van der Waals surface area (Å²) < 4.78 is 5.90. The molecule has 4 aromatic rings. The van der Waals surface area contributed by atoms with Gasteiger partial charge < -0.3 is 14.5 Å². The van der Waals surface area contributed by atoms with Crippen molar-refractivity contribution in [1.82, 2.24) is 9.88 Å². The molecule has 5 heteroatoms. The van der Waals surface area contributed by atoms with E-state index in [0.29, 0.717) is 13.0 Å². The molecule has 3 aromatic carbocycles. The van der Waals surface area contributed by atoms with Crippen molar-refractivity contribution < 1.29 is 9.53 Å². The molecule has 2 heterocycles. The lowest BCUT2D eigenvalue weighted by molar-refractivity contribution is -0.131. The first-order chi connectivity index (χ1) is 16.6. The Hall–Kier alpha value is -3.60. The fourth-order valence-electron chi connectivity index (χ4n) is 4.72. The molecular formula is C29H31N3O2. The third kappa shape index (κ3) is 4.69. The van der Waals surface area contributed by atoms with Crippen molar-refractivity contribution in [2.75, 3.05) is 37.7 Å². The fourth-order valence-corrected chi connectivity index (χ4v) is 4.72. The minimum atomic E-state index is 0.209. The van der Waals surface area contributed by atoms with E-state index < -0.39 is 0 Å². The van der Waals surface area contributed by atoms with Crippen molar-refractivity contribution in [2.45, 2.75) is 26.7 Å². The fraction of sp³-hybridized carbons (Fsp3) is 0.310. The smallest absolute Gasteiger partial charge is 0.222 e. The van der Waals surface area contributed by atoms with Gasteiger partial charge in [-0.25, -0.2) is 4.98 Å². The van der Waals surface area contributed by atoms with Crippen LogP contribution in [0.3, 0.4) is 0 Å². The zero-order valence-corrected chi connectivity index (χ0v) is 20.0. The first kappa shape index (κ1) is 22.2. The van der Waals surface area contributed by atoms with Crippen molar-refractivity contribution in [1.29, 1.82) is 0 Å². The van der Waals surface area contributed by atoms with E-state index in [1.807, 2.05) is 23.1 Å². The van der Waals surface area contributed by atoms with Crippen LogP contribution in [0.15, 0.2) is 66.7 Å². The quantitative estimate of drug-likeness (QED) is 0.361. The molecule has 0 atom stereocenters. The number of aromatic nitrogens is 1. The molecule has 1 aromatic heterocycles. The number of ether oxygens (including phenoxy) is 1. The number of fused-ring (bicyclic) bond motifs is 2. The zero-order valence-electron chi connectivity index (χ0n) is 20.0.